The molecule has 2 aliphatic heterocycles. The van der Waals surface area contributed by atoms with Gasteiger partial charge in [-0.15, -0.1) is 0 Å². The molecule has 2 aliphatic rings. The maximum absolute atomic E-state index is 13.9. The highest BCUT2D eigenvalue weighted by Gasteiger charge is 2.37. The van der Waals surface area contributed by atoms with Crippen LogP contribution < -0.4 is 0 Å². The Morgan fingerprint density at radius 3 is 2.78 bits per heavy atom. The molecule has 27 heavy (non-hydrogen) atoms. The number of hydrogen-bond acceptors (Lipinski definition) is 6. The van der Waals surface area contributed by atoms with E-state index in [0.717, 1.165) is 4.68 Å². The Labute approximate surface area is 155 Å². The first kappa shape index (κ1) is 17.9. The van der Waals surface area contributed by atoms with Crippen molar-refractivity contribution >= 4 is 15.7 Å². The second-order valence-electron chi connectivity index (χ2n) is 6.81. The van der Waals surface area contributed by atoms with Crippen molar-refractivity contribution in [1.29, 1.82) is 0 Å². The molecule has 1 aromatic heterocycles. The van der Waals surface area contributed by atoms with Crippen molar-refractivity contribution in [2.45, 2.75) is 6.04 Å². The fraction of sp³-hybridized carbons (Fsp3) is 0.412. The topological polar surface area (TPSA) is 95.7 Å². The number of amides is 1. The van der Waals surface area contributed by atoms with E-state index >= 15 is 0 Å². The minimum absolute atomic E-state index is 0.0203. The number of carbonyl (C=O) groups excluding carboxylic acids is 1. The summed E-state index contributed by atoms with van der Waals surface area (Å²) in [6.07, 6.45) is 1.19. The van der Waals surface area contributed by atoms with Crippen molar-refractivity contribution in [3.8, 4) is 11.4 Å². The summed E-state index contributed by atoms with van der Waals surface area (Å²) in [5.74, 6) is -1.20. The standard InChI is InChI=1S/C17H19FN4O4S/c18-13-3-1-2-4-14(13)22-10-15(23)16(19-22)17(24)21-6-5-20-7-8-27(25,26)11-12(20)9-21/h1-4,10,12,23H,5-9,11H2. The molecule has 0 bridgehead atoms. The largest absolute Gasteiger partial charge is 0.504 e. The van der Waals surface area contributed by atoms with Crippen LogP contribution in [0.2, 0.25) is 0 Å². The van der Waals surface area contributed by atoms with E-state index in [1.807, 2.05) is 0 Å². The molecule has 1 amide bonds. The van der Waals surface area contributed by atoms with Crippen LogP contribution in [-0.2, 0) is 9.84 Å². The number of piperazine rings is 1. The van der Waals surface area contributed by atoms with Crippen LogP contribution in [0.4, 0.5) is 4.39 Å². The summed E-state index contributed by atoms with van der Waals surface area (Å²) >= 11 is 0. The van der Waals surface area contributed by atoms with Crippen molar-refractivity contribution < 1.29 is 22.7 Å². The maximum Gasteiger partial charge on any atom is 0.278 e. The van der Waals surface area contributed by atoms with E-state index in [9.17, 15) is 22.7 Å². The maximum atomic E-state index is 13.9. The van der Waals surface area contributed by atoms with Crippen LogP contribution in [0.1, 0.15) is 10.5 Å². The summed E-state index contributed by atoms with van der Waals surface area (Å²) < 4.78 is 38.8. The Kier molecular flexibility index (Phi) is 4.39. The molecule has 8 nitrogen and oxygen atoms in total. The number of aromatic nitrogens is 2. The summed E-state index contributed by atoms with van der Waals surface area (Å²) in [7, 11) is -3.10. The zero-order valence-electron chi connectivity index (χ0n) is 14.5. The number of sulfone groups is 1. The number of nitrogens with zero attached hydrogens (tertiary/aromatic N) is 4. The van der Waals surface area contributed by atoms with Gasteiger partial charge in [0.05, 0.1) is 17.7 Å². The van der Waals surface area contributed by atoms with Gasteiger partial charge in [-0.1, -0.05) is 12.1 Å². The summed E-state index contributed by atoms with van der Waals surface area (Å²) in [4.78, 5) is 16.4. The number of hydrogen-bond donors (Lipinski definition) is 1. The van der Waals surface area contributed by atoms with Gasteiger partial charge in [-0.05, 0) is 12.1 Å². The van der Waals surface area contributed by atoms with E-state index in [4.69, 9.17) is 0 Å². The van der Waals surface area contributed by atoms with Gasteiger partial charge in [0, 0.05) is 32.2 Å². The quantitative estimate of drug-likeness (QED) is 0.786. The molecular weight excluding hydrogens is 375 g/mol. The normalized spacial score (nSPS) is 22.4. The molecule has 3 heterocycles. The Bertz CT molecular complexity index is 991. The first-order valence-electron chi connectivity index (χ1n) is 8.61. The number of halogens is 1. The summed E-state index contributed by atoms with van der Waals surface area (Å²) in [5, 5.41) is 14.2. The number of para-hydroxylation sites is 1. The second kappa shape index (κ2) is 6.61. The number of rotatable bonds is 2. The molecule has 10 heteroatoms. The Morgan fingerprint density at radius 2 is 2.00 bits per heavy atom. The van der Waals surface area contributed by atoms with E-state index < -0.39 is 21.6 Å². The van der Waals surface area contributed by atoms with E-state index in [1.165, 1.54) is 29.3 Å². The smallest absolute Gasteiger partial charge is 0.278 e. The average Bonchev–Trinajstić information content (AvgIpc) is 3.01. The van der Waals surface area contributed by atoms with Gasteiger partial charge in [0.2, 0.25) is 0 Å². The molecule has 2 aromatic rings. The van der Waals surface area contributed by atoms with Crippen LogP contribution in [0.5, 0.6) is 5.75 Å². The van der Waals surface area contributed by atoms with Crippen molar-refractivity contribution in [2.75, 3.05) is 37.7 Å². The fourth-order valence-electron chi connectivity index (χ4n) is 3.59. The van der Waals surface area contributed by atoms with E-state index in [0.29, 0.717) is 19.6 Å². The van der Waals surface area contributed by atoms with Crippen LogP contribution >= 0.6 is 0 Å². The van der Waals surface area contributed by atoms with Gasteiger partial charge in [0.25, 0.3) is 5.91 Å². The van der Waals surface area contributed by atoms with Gasteiger partial charge in [-0.3, -0.25) is 9.69 Å². The first-order valence-corrected chi connectivity index (χ1v) is 10.4. The predicted octanol–water partition coefficient (Wildman–Crippen LogP) is 0.272. The molecule has 144 valence electrons. The third kappa shape index (κ3) is 3.42. The van der Waals surface area contributed by atoms with Crippen molar-refractivity contribution in [1.82, 2.24) is 19.6 Å². The number of benzene rings is 1. The molecule has 2 fully saturated rings. The SMILES string of the molecule is O=C(c1nn(-c2ccccc2F)cc1O)N1CCN2CCS(=O)(=O)CC2C1. The van der Waals surface area contributed by atoms with Crippen LogP contribution in [-0.4, -0.2) is 82.7 Å². The first-order chi connectivity index (χ1) is 12.8. The van der Waals surface area contributed by atoms with Crippen LogP contribution in [0.15, 0.2) is 30.5 Å². The van der Waals surface area contributed by atoms with Crippen molar-refractivity contribution in [2.24, 2.45) is 0 Å². The zero-order chi connectivity index (χ0) is 19.2. The minimum atomic E-state index is -3.10. The van der Waals surface area contributed by atoms with E-state index in [2.05, 4.69) is 10.00 Å². The Balaban J connectivity index is 1.56. The van der Waals surface area contributed by atoms with E-state index in [1.54, 1.807) is 6.07 Å². The Morgan fingerprint density at radius 1 is 1.22 bits per heavy atom. The number of aromatic hydroxyl groups is 1. The summed E-state index contributed by atoms with van der Waals surface area (Å²) in [6.45, 7) is 1.72. The molecule has 1 aromatic carbocycles. The molecule has 0 saturated carbocycles. The molecular formula is C17H19FN4O4S. The van der Waals surface area contributed by atoms with Crippen LogP contribution in [0.25, 0.3) is 5.69 Å². The molecule has 1 unspecified atom stereocenters. The molecule has 1 N–H and O–H groups in total. The molecule has 1 atom stereocenters. The number of fused-ring (bicyclic) bond motifs is 1. The lowest BCUT2D eigenvalue weighted by Gasteiger charge is -2.43. The average molecular weight is 394 g/mol. The minimum Gasteiger partial charge on any atom is -0.504 e. The highest BCUT2D eigenvalue weighted by molar-refractivity contribution is 7.91. The molecule has 2 saturated heterocycles. The van der Waals surface area contributed by atoms with Crippen molar-refractivity contribution in [3.63, 3.8) is 0 Å². The van der Waals surface area contributed by atoms with Gasteiger partial charge in [0.15, 0.2) is 21.3 Å². The van der Waals surface area contributed by atoms with Crippen LogP contribution in [0.3, 0.4) is 0 Å². The lowest BCUT2D eigenvalue weighted by atomic mass is 10.1. The highest BCUT2D eigenvalue weighted by atomic mass is 32.2. The zero-order valence-corrected chi connectivity index (χ0v) is 15.3. The molecule has 0 radical (unpaired) electrons. The molecule has 0 aliphatic carbocycles. The van der Waals surface area contributed by atoms with Crippen molar-refractivity contribution in [3.05, 3.63) is 42.0 Å². The van der Waals surface area contributed by atoms with Gasteiger partial charge in [-0.25, -0.2) is 17.5 Å². The molecule has 4 rings (SSSR count). The fourth-order valence-corrected chi connectivity index (χ4v) is 5.17. The third-order valence-corrected chi connectivity index (χ3v) is 6.72. The summed E-state index contributed by atoms with van der Waals surface area (Å²) in [6, 6.07) is 5.66. The number of carbonyl (C=O) groups is 1. The second-order valence-corrected chi connectivity index (χ2v) is 9.04. The predicted molar refractivity (Wildman–Crippen MR) is 95.1 cm³/mol. The lowest BCUT2D eigenvalue weighted by Crippen LogP contribution is -2.60. The van der Waals surface area contributed by atoms with Gasteiger partial charge < -0.3 is 10.0 Å². The molecule has 0 spiro atoms. The lowest BCUT2D eigenvalue weighted by molar-refractivity contribution is 0.0513. The monoisotopic (exact) mass is 394 g/mol. The Hall–Kier alpha value is -2.46. The van der Waals surface area contributed by atoms with Gasteiger partial charge in [-0.2, -0.15) is 5.10 Å². The van der Waals surface area contributed by atoms with E-state index in [-0.39, 0.29) is 41.2 Å². The van der Waals surface area contributed by atoms with Crippen LogP contribution in [0, 0.1) is 5.82 Å². The van der Waals surface area contributed by atoms with Gasteiger partial charge in [0.1, 0.15) is 11.5 Å². The summed E-state index contributed by atoms with van der Waals surface area (Å²) in [5.41, 5.74) is -0.0552. The highest BCUT2D eigenvalue weighted by Crippen LogP contribution is 2.24. The third-order valence-electron chi connectivity index (χ3n) is 5.02. The van der Waals surface area contributed by atoms with Gasteiger partial charge >= 0.3 is 0 Å².